The highest BCUT2D eigenvalue weighted by Gasteiger charge is 2.11. The first-order valence-corrected chi connectivity index (χ1v) is 7.27. The van der Waals surface area contributed by atoms with Gasteiger partial charge >= 0.3 is 0 Å². The first-order valence-electron chi connectivity index (χ1n) is 5.55. The normalized spacial score (nSPS) is 11.1. The lowest BCUT2D eigenvalue weighted by Crippen LogP contribution is -2.27. The molecule has 106 valence electrons. The number of primary sulfonamides is 1. The lowest BCUT2D eigenvalue weighted by molar-refractivity contribution is 0.0954. The number of rotatable bonds is 6. The van der Waals surface area contributed by atoms with E-state index in [2.05, 4.69) is 5.32 Å². The highest BCUT2D eigenvalue weighted by molar-refractivity contribution is 7.89. The molecule has 0 fully saturated rings. The van der Waals surface area contributed by atoms with Crippen molar-refractivity contribution in [3.05, 3.63) is 23.8 Å². The lowest BCUT2D eigenvalue weighted by atomic mass is 10.1. The zero-order valence-electron chi connectivity index (χ0n) is 10.5. The van der Waals surface area contributed by atoms with Crippen LogP contribution in [0.4, 0.5) is 5.69 Å². The van der Waals surface area contributed by atoms with Crippen LogP contribution >= 0.6 is 0 Å². The fourth-order valence-electron chi connectivity index (χ4n) is 1.43. The number of carbonyl (C=O) groups excluding carboxylic acids is 1. The zero-order chi connectivity index (χ0) is 14.5. The van der Waals surface area contributed by atoms with Gasteiger partial charge in [-0.25, -0.2) is 13.6 Å². The summed E-state index contributed by atoms with van der Waals surface area (Å²) in [7, 11) is -2.02. The van der Waals surface area contributed by atoms with Crippen LogP contribution < -0.4 is 20.9 Å². The molecule has 0 aliphatic rings. The second-order valence-electron chi connectivity index (χ2n) is 3.93. The maximum absolute atomic E-state index is 11.8. The Kier molecular flexibility index (Phi) is 5.13. The number of nitrogen functional groups attached to an aromatic ring is 1. The minimum absolute atomic E-state index is 0.180. The summed E-state index contributed by atoms with van der Waals surface area (Å²) < 4.78 is 26.4. The lowest BCUT2D eigenvalue weighted by Gasteiger charge is -2.09. The fraction of sp³-hybridized carbons (Fsp3) is 0.364. The van der Waals surface area contributed by atoms with Gasteiger partial charge in [-0.2, -0.15) is 0 Å². The summed E-state index contributed by atoms with van der Waals surface area (Å²) >= 11 is 0. The standard InChI is InChI=1S/C11H17N3O4S/c1-18-8-3-4-10(12)9(7-8)11(15)14-5-2-6-19(13,16)17/h3-4,7H,2,5-6,12H2,1H3,(H,14,15)(H2,13,16,17). The van der Waals surface area contributed by atoms with Crippen molar-refractivity contribution in [2.24, 2.45) is 5.14 Å². The Labute approximate surface area is 112 Å². The molecule has 1 rings (SSSR count). The van der Waals surface area contributed by atoms with Crippen LogP contribution in [0.25, 0.3) is 0 Å². The monoisotopic (exact) mass is 287 g/mol. The average molecular weight is 287 g/mol. The van der Waals surface area contributed by atoms with E-state index in [1.165, 1.54) is 13.2 Å². The molecule has 0 atom stereocenters. The molecule has 1 aromatic carbocycles. The molecule has 0 bridgehead atoms. The highest BCUT2D eigenvalue weighted by atomic mass is 32.2. The van der Waals surface area contributed by atoms with Crippen molar-refractivity contribution in [2.45, 2.75) is 6.42 Å². The van der Waals surface area contributed by atoms with Gasteiger partial charge in [0.05, 0.1) is 18.4 Å². The van der Waals surface area contributed by atoms with E-state index in [1.807, 2.05) is 0 Å². The van der Waals surface area contributed by atoms with Gasteiger partial charge in [0.2, 0.25) is 10.0 Å². The summed E-state index contributed by atoms with van der Waals surface area (Å²) in [4.78, 5) is 11.8. The fourth-order valence-corrected chi connectivity index (χ4v) is 1.98. The minimum Gasteiger partial charge on any atom is -0.497 e. The van der Waals surface area contributed by atoms with E-state index in [4.69, 9.17) is 15.6 Å². The number of carbonyl (C=O) groups is 1. The summed E-state index contributed by atoms with van der Waals surface area (Å²) in [6.45, 7) is 0.200. The van der Waals surface area contributed by atoms with Crippen LogP contribution in [0.3, 0.4) is 0 Å². The molecule has 0 spiro atoms. The van der Waals surface area contributed by atoms with Crippen molar-refractivity contribution in [3.63, 3.8) is 0 Å². The van der Waals surface area contributed by atoms with E-state index < -0.39 is 10.0 Å². The SMILES string of the molecule is COc1ccc(N)c(C(=O)NCCCS(N)(=O)=O)c1. The largest absolute Gasteiger partial charge is 0.497 e. The van der Waals surface area contributed by atoms with Gasteiger partial charge in [0.1, 0.15) is 5.75 Å². The maximum atomic E-state index is 11.8. The number of nitrogens with one attached hydrogen (secondary N) is 1. The molecule has 0 saturated carbocycles. The summed E-state index contributed by atoms with van der Waals surface area (Å²) in [6, 6.07) is 4.73. The molecule has 0 aliphatic heterocycles. The van der Waals surface area contributed by atoms with Gasteiger partial charge in [-0.1, -0.05) is 0 Å². The van der Waals surface area contributed by atoms with E-state index in [-0.39, 0.29) is 30.2 Å². The van der Waals surface area contributed by atoms with Crippen LogP contribution in [0.1, 0.15) is 16.8 Å². The van der Waals surface area contributed by atoms with Gasteiger partial charge in [-0.3, -0.25) is 4.79 Å². The first-order chi connectivity index (χ1) is 8.83. The van der Waals surface area contributed by atoms with E-state index >= 15 is 0 Å². The molecule has 0 aliphatic carbocycles. The summed E-state index contributed by atoms with van der Waals surface area (Å²) in [5, 5.41) is 7.42. The third kappa shape index (κ3) is 5.14. The van der Waals surface area contributed by atoms with Gasteiger partial charge in [0, 0.05) is 12.2 Å². The number of hydrogen-bond acceptors (Lipinski definition) is 5. The quantitative estimate of drug-likeness (QED) is 0.489. The van der Waals surface area contributed by atoms with Gasteiger partial charge in [0.25, 0.3) is 5.91 Å². The second kappa shape index (κ2) is 6.39. The van der Waals surface area contributed by atoms with Crippen molar-refractivity contribution in [1.82, 2.24) is 5.32 Å². The van der Waals surface area contributed by atoms with Crippen molar-refractivity contribution >= 4 is 21.6 Å². The third-order valence-electron chi connectivity index (χ3n) is 2.40. The molecular formula is C11H17N3O4S. The molecular weight excluding hydrogens is 270 g/mol. The predicted molar refractivity (Wildman–Crippen MR) is 72.3 cm³/mol. The number of sulfonamides is 1. The molecule has 5 N–H and O–H groups in total. The van der Waals surface area contributed by atoms with E-state index in [0.29, 0.717) is 11.4 Å². The van der Waals surface area contributed by atoms with Crippen LogP contribution in [0.2, 0.25) is 0 Å². The number of hydrogen-bond donors (Lipinski definition) is 3. The van der Waals surface area contributed by atoms with Crippen molar-refractivity contribution in [3.8, 4) is 5.75 Å². The first kappa shape index (κ1) is 15.3. The zero-order valence-corrected chi connectivity index (χ0v) is 11.4. The van der Waals surface area contributed by atoms with Gasteiger partial charge < -0.3 is 15.8 Å². The summed E-state index contributed by atoms with van der Waals surface area (Å²) in [5.74, 6) is -0.0457. The van der Waals surface area contributed by atoms with E-state index in [1.54, 1.807) is 12.1 Å². The molecule has 19 heavy (non-hydrogen) atoms. The molecule has 1 aromatic rings. The molecule has 1 amide bonds. The van der Waals surface area contributed by atoms with Gasteiger partial charge in [-0.05, 0) is 24.6 Å². The molecule has 0 heterocycles. The van der Waals surface area contributed by atoms with Crippen LogP contribution in [0.15, 0.2) is 18.2 Å². The molecule has 0 aromatic heterocycles. The molecule has 0 saturated heterocycles. The number of amides is 1. The Morgan fingerprint density at radius 2 is 2.11 bits per heavy atom. The van der Waals surface area contributed by atoms with Crippen molar-refractivity contribution in [1.29, 1.82) is 0 Å². The average Bonchev–Trinajstić information content (AvgIpc) is 2.34. The van der Waals surface area contributed by atoms with E-state index in [0.717, 1.165) is 0 Å². The molecule has 0 radical (unpaired) electrons. The summed E-state index contributed by atoms with van der Waals surface area (Å²) in [6.07, 6.45) is 0.244. The summed E-state index contributed by atoms with van der Waals surface area (Å²) in [5.41, 5.74) is 6.30. The van der Waals surface area contributed by atoms with Crippen LogP contribution in [-0.2, 0) is 10.0 Å². The Hall–Kier alpha value is -1.80. The molecule has 0 unspecified atom stereocenters. The highest BCUT2D eigenvalue weighted by Crippen LogP contribution is 2.19. The molecule has 8 heteroatoms. The number of benzene rings is 1. The van der Waals surface area contributed by atoms with Crippen LogP contribution in [-0.4, -0.2) is 33.7 Å². The molecule has 7 nitrogen and oxygen atoms in total. The Morgan fingerprint density at radius 1 is 1.42 bits per heavy atom. The van der Waals surface area contributed by atoms with Gasteiger partial charge in [0.15, 0.2) is 0 Å². The Balaban J connectivity index is 2.58. The van der Waals surface area contributed by atoms with Crippen LogP contribution in [0.5, 0.6) is 5.75 Å². The van der Waals surface area contributed by atoms with Crippen molar-refractivity contribution in [2.75, 3.05) is 25.1 Å². The topological polar surface area (TPSA) is 125 Å². The second-order valence-corrected chi connectivity index (χ2v) is 5.66. The third-order valence-corrected chi connectivity index (χ3v) is 3.25. The van der Waals surface area contributed by atoms with Crippen molar-refractivity contribution < 1.29 is 17.9 Å². The minimum atomic E-state index is -3.50. The smallest absolute Gasteiger partial charge is 0.253 e. The van der Waals surface area contributed by atoms with Gasteiger partial charge in [-0.15, -0.1) is 0 Å². The Bertz CT molecular complexity index is 557. The number of ether oxygens (including phenoxy) is 1. The maximum Gasteiger partial charge on any atom is 0.253 e. The number of methoxy groups -OCH3 is 1. The van der Waals surface area contributed by atoms with Crippen LogP contribution in [0, 0.1) is 0 Å². The Morgan fingerprint density at radius 3 is 2.68 bits per heavy atom. The van der Waals surface area contributed by atoms with E-state index in [9.17, 15) is 13.2 Å². The number of nitrogens with two attached hydrogens (primary N) is 2. The number of anilines is 1. The predicted octanol–water partition coefficient (Wildman–Crippen LogP) is -0.314.